The Bertz CT molecular complexity index is 1320. The zero-order valence-corrected chi connectivity index (χ0v) is 18.5. The lowest BCUT2D eigenvalue weighted by atomic mass is 10.0. The van der Waals surface area contributed by atoms with Crippen molar-refractivity contribution >= 4 is 23.0 Å². The fourth-order valence-corrected chi connectivity index (χ4v) is 3.73. The molecule has 4 aromatic rings. The number of carbonyl (C=O) groups is 1. The zero-order chi connectivity index (χ0) is 23.7. The van der Waals surface area contributed by atoms with E-state index in [1.54, 1.807) is 38.4 Å². The van der Waals surface area contributed by atoms with Crippen LogP contribution in [0.4, 0.5) is 17.2 Å². The van der Waals surface area contributed by atoms with E-state index in [1.165, 1.54) is 6.39 Å². The number of fused-ring (bicyclic) bond motifs is 1. The van der Waals surface area contributed by atoms with Crippen LogP contribution in [0, 0.1) is 0 Å². The molecule has 5 rings (SSSR count). The van der Waals surface area contributed by atoms with Crippen LogP contribution in [0.2, 0.25) is 0 Å². The van der Waals surface area contributed by atoms with Crippen LogP contribution in [-0.4, -0.2) is 43.3 Å². The lowest BCUT2D eigenvalue weighted by molar-refractivity contribution is 0.0682. The van der Waals surface area contributed by atoms with Gasteiger partial charge in [-0.2, -0.15) is 0 Å². The Hall–Kier alpha value is -4.31. The van der Waals surface area contributed by atoms with E-state index in [2.05, 4.69) is 30.8 Å². The molecule has 3 N–H and O–H groups in total. The van der Waals surface area contributed by atoms with Crippen LogP contribution in [0.15, 0.2) is 65.7 Å². The summed E-state index contributed by atoms with van der Waals surface area (Å²) in [6.45, 7) is 3.29. The molecule has 10 heteroatoms. The third-order valence-corrected chi connectivity index (χ3v) is 5.46. The molecule has 1 aromatic carbocycles. The first-order valence-corrected chi connectivity index (χ1v) is 10.6. The highest BCUT2D eigenvalue weighted by atomic mass is 16.5. The van der Waals surface area contributed by atoms with Gasteiger partial charge in [0.1, 0.15) is 5.82 Å². The molecule has 4 heterocycles. The van der Waals surface area contributed by atoms with Gasteiger partial charge in [0, 0.05) is 18.3 Å². The Balaban J connectivity index is 1.46. The maximum absolute atomic E-state index is 12.4. The summed E-state index contributed by atoms with van der Waals surface area (Å²) >= 11 is 0. The number of hydrogen-bond acceptors (Lipinski definition) is 10. The number of aliphatic hydroxyl groups excluding tert-OH is 1. The first kappa shape index (κ1) is 21.5. The first-order valence-electron chi connectivity index (χ1n) is 10.6. The van der Waals surface area contributed by atoms with E-state index in [-0.39, 0.29) is 18.4 Å². The van der Waals surface area contributed by atoms with Crippen molar-refractivity contribution in [2.24, 2.45) is 0 Å². The summed E-state index contributed by atoms with van der Waals surface area (Å²) in [5.41, 5.74) is 2.11. The molecule has 1 aliphatic heterocycles. The van der Waals surface area contributed by atoms with Crippen molar-refractivity contribution in [1.29, 1.82) is 0 Å². The number of nitrogens with one attached hydrogen (secondary N) is 2. The molecule has 0 unspecified atom stereocenters. The molecule has 0 radical (unpaired) electrons. The van der Waals surface area contributed by atoms with Crippen molar-refractivity contribution < 1.29 is 19.1 Å². The summed E-state index contributed by atoms with van der Waals surface area (Å²) in [6.07, 6.45) is 4.40. The molecular formula is C24H22N6O4. The van der Waals surface area contributed by atoms with Gasteiger partial charge < -0.3 is 24.9 Å². The van der Waals surface area contributed by atoms with Crippen LogP contribution >= 0.6 is 0 Å². The van der Waals surface area contributed by atoms with E-state index in [0.717, 1.165) is 5.56 Å². The molecule has 3 aromatic heterocycles. The van der Waals surface area contributed by atoms with Gasteiger partial charge in [0.05, 0.1) is 35.8 Å². The van der Waals surface area contributed by atoms with Crippen molar-refractivity contribution in [1.82, 2.24) is 20.2 Å². The van der Waals surface area contributed by atoms with Crippen molar-refractivity contribution in [3.8, 4) is 17.2 Å². The van der Waals surface area contributed by atoms with E-state index in [1.807, 2.05) is 30.3 Å². The van der Waals surface area contributed by atoms with Gasteiger partial charge in [-0.25, -0.2) is 9.97 Å². The molecule has 0 saturated heterocycles. The molecule has 1 atom stereocenters. The molecule has 0 amide bonds. The standard InChI is InChI=1S/C24H22N6O4/c1-24(2)22(32)21-19(34-24)8-15(10-26-21)28-20-9-17(16(11-25-20)23-30-27-13-33-23)29-18(12-31)14-6-4-3-5-7-14/h3-11,13,18,31H,12H2,1-2H3,(H2,25,28,29)/t18-/m1/s1. The van der Waals surface area contributed by atoms with E-state index < -0.39 is 5.60 Å². The Labute approximate surface area is 195 Å². The van der Waals surface area contributed by atoms with E-state index in [0.29, 0.717) is 40.1 Å². The highest BCUT2D eigenvalue weighted by Gasteiger charge is 2.41. The van der Waals surface area contributed by atoms with Gasteiger partial charge in [-0.3, -0.25) is 4.79 Å². The van der Waals surface area contributed by atoms with Gasteiger partial charge in [0.15, 0.2) is 17.0 Å². The Morgan fingerprint density at radius 2 is 1.94 bits per heavy atom. The number of anilines is 3. The molecule has 1 aliphatic rings. The largest absolute Gasteiger partial charge is 0.477 e. The SMILES string of the molecule is CC1(C)Oc2cc(Nc3cc(N[C@H](CO)c4ccccc4)c(-c4nnco4)cn3)cnc2C1=O. The number of ether oxygens (including phenoxy) is 1. The van der Waals surface area contributed by atoms with Crippen molar-refractivity contribution in [3.63, 3.8) is 0 Å². The van der Waals surface area contributed by atoms with Crippen molar-refractivity contribution in [3.05, 3.63) is 72.5 Å². The van der Waals surface area contributed by atoms with Gasteiger partial charge in [0.25, 0.3) is 5.89 Å². The fraction of sp³-hybridized carbons (Fsp3) is 0.208. The number of pyridine rings is 2. The smallest absolute Gasteiger partial charge is 0.251 e. The second-order valence-corrected chi connectivity index (χ2v) is 8.29. The Morgan fingerprint density at radius 1 is 1.12 bits per heavy atom. The predicted octanol–water partition coefficient (Wildman–Crippen LogP) is 3.77. The summed E-state index contributed by atoms with van der Waals surface area (Å²) in [5, 5.41) is 24.3. The fourth-order valence-electron chi connectivity index (χ4n) is 3.73. The monoisotopic (exact) mass is 458 g/mol. The maximum Gasteiger partial charge on any atom is 0.251 e. The number of carbonyl (C=O) groups excluding carboxylic acids is 1. The summed E-state index contributed by atoms with van der Waals surface area (Å²) in [6, 6.07) is 12.7. The van der Waals surface area contributed by atoms with Crippen LogP contribution in [0.25, 0.3) is 11.5 Å². The molecule has 0 bridgehead atoms. The molecule has 172 valence electrons. The third-order valence-electron chi connectivity index (χ3n) is 5.46. The Kier molecular flexibility index (Phi) is 5.42. The Morgan fingerprint density at radius 3 is 2.68 bits per heavy atom. The third kappa shape index (κ3) is 4.06. The normalized spacial score (nSPS) is 14.9. The number of ketones is 1. The molecule has 10 nitrogen and oxygen atoms in total. The van der Waals surface area contributed by atoms with Gasteiger partial charge >= 0.3 is 0 Å². The number of rotatable bonds is 7. The number of nitrogens with zero attached hydrogens (tertiary/aromatic N) is 4. The van der Waals surface area contributed by atoms with Crippen LogP contribution < -0.4 is 15.4 Å². The van der Waals surface area contributed by atoms with Gasteiger partial charge in [-0.1, -0.05) is 30.3 Å². The number of benzene rings is 1. The highest BCUT2D eigenvalue weighted by molar-refractivity contribution is 6.05. The lowest BCUT2D eigenvalue weighted by Gasteiger charge is -2.20. The topological polar surface area (TPSA) is 135 Å². The minimum absolute atomic E-state index is 0.131. The summed E-state index contributed by atoms with van der Waals surface area (Å²) in [5.74, 6) is 1.06. The number of hydrogen-bond donors (Lipinski definition) is 3. The first-order chi connectivity index (χ1) is 16.4. The van der Waals surface area contributed by atoms with E-state index in [4.69, 9.17) is 9.15 Å². The van der Waals surface area contributed by atoms with Crippen LogP contribution in [-0.2, 0) is 0 Å². The average molecular weight is 458 g/mol. The number of aromatic nitrogens is 4. The maximum atomic E-state index is 12.4. The summed E-state index contributed by atoms with van der Waals surface area (Å²) in [4.78, 5) is 21.1. The molecule has 0 spiro atoms. The van der Waals surface area contributed by atoms with Crippen LogP contribution in [0.1, 0.15) is 35.9 Å². The highest BCUT2D eigenvalue weighted by Crippen LogP contribution is 2.36. The van der Waals surface area contributed by atoms with E-state index in [9.17, 15) is 9.90 Å². The molecular weight excluding hydrogens is 436 g/mol. The van der Waals surface area contributed by atoms with Crippen LogP contribution in [0.3, 0.4) is 0 Å². The quantitative estimate of drug-likeness (QED) is 0.375. The minimum atomic E-state index is -0.939. The van der Waals surface area contributed by atoms with E-state index >= 15 is 0 Å². The summed E-state index contributed by atoms with van der Waals surface area (Å²) < 4.78 is 11.1. The van der Waals surface area contributed by atoms with Crippen molar-refractivity contribution in [2.45, 2.75) is 25.5 Å². The molecule has 0 aliphatic carbocycles. The summed E-state index contributed by atoms with van der Waals surface area (Å²) in [7, 11) is 0. The molecule has 34 heavy (non-hydrogen) atoms. The van der Waals surface area contributed by atoms with Gasteiger partial charge in [-0.05, 0) is 19.4 Å². The van der Waals surface area contributed by atoms with Crippen LogP contribution in [0.5, 0.6) is 5.75 Å². The minimum Gasteiger partial charge on any atom is -0.477 e. The van der Waals surface area contributed by atoms with Crippen molar-refractivity contribution in [2.75, 3.05) is 17.2 Å². The van der Waals surface area contributed by atoms with Gasteiger partial charge in [0.2, 0.25) is 12.2 Å². The molecule has 0 saturated carbocycles. The second kappa shape index (κ2) is 8.56. The number of Topliss-reactive ketones (excluding diaryl/α,β-unsaturated/α-hetero) is 1. The predicted molar refractivity (Wildman–Crippen MR) is 124 cm³/mol. The number of aliphatic hydroxyl groups is 1. The lowest BCUT2D eigenvalue weighted by Crippen LogP contribution is -2.32. The molecule has 0 fully saturated rings. The second-order valence-electron chi connectivity index (χ2n) is 8.29. The van der Waals surface area contributed by atoms with Gasteiger partial charge in [-0.15, -0.1) is 10.2 Å². The zero-order valence-electron chi connectivity index (χ0n) is 18.5. The average Bonchev–Trinajstić information content (AvgIpc) is 3.44.